The zero-order valence-electron chi connectivity index (χ0n) is 26.3. The Kier molecular flexibility index (Phi) is 15.9. The van der Waals surface area contributed by atoms with E-state index in [9.17, 15) is 10.1 Å². The number of ether oxygens (including phenoxy) is 4. The Labute approximate surface area is 255 Å². The molecule has 4 rings (SSSR count). The Morgan fingerprint density at radius 1 is 0.977 bits per heavy atom. The standard InChI is InChI=1S/C27H28N2O5.3C2H6O/c1-27(2)12-21(30)25-23(13-27)34-26(29)20(14-28)24(25)16-8-9-22(32-4)17(10-16)15-33-19-7-5-6-18(11-19)31-3;3*1-2-3/h5-11,24H,12-13,15,29H2,1-4H3;3*3H,2H2,1H3. The predicted molar refractivity (Wildman–Crippen MR) is 164 cm³/mol. The van der Waals surface area contributed by atoms with Crippen LogP contribution in [0, 0.1) is 16.7 Å². The Hall–Kier alpha value is -4.04. The molecule has 0 spiro atoms. The second-order valence-electron chi connectivity index (χ2n) is 10.2. The van der Waals surface area contributed by atoms with Crippen LogP contribution in [-0.4, -0.2) is 55.1 Å². The lowest BCUT2D eigenvalue weighted by Gasteiger charge is -2.37. The van der Waals surface area contributed by atoms with Crippen molar-refractivity contribution in [3.8, 4) is 23.3 Å². The van der Waals surface area contributed by atoms with Gasteiger partial charge in [-0.15, -0.1) is 0 Å². The van der Waals surface area contributed by atoms with Gasteiger partial charge in [-0.1, -0.05) is 26.0 Å². The Bertz CT molecular complexity index is 1290. The van der Waals surface area contributed by atoms with E-state index in [0.717, 1.165) is 11.1 Å². The van der Waals surface area contributed by atoms with Gasteiger partial charge in [-0.25, -0.2) is 0 Å². The number of carbonyl (C=O) groups excluding carboxylic acids is 1. The first kappa shape index (κ1) is 37.0. The zero-order valence-corrected chi connectivity index (χ0v) is 26.3. The fraction of sp³-hybridized carbons (Fsp3) is 0.455. The molecule has 10 heteroatoms. The molecule has 1 unspecified atom stereocenters. The van der Waals surface area contributed by atoms with Crippen LogP contribution in [0.15, 0.2) is 65.3 Å². The van der Waals surface area contributed by atoms with Crippen molar-refractivity contribution in [2.75, 3.05) is 34.0 Å². The summed E-state index contributed by atoms with van der Waals surface area (Å²) in [6.45, 7) is 10.1. The maximum Gasteiger partial charge on any atom is 0.205 e. The lowest BCUT2D eigenvalue weighted by molar-refractivity contribution is -0.119. The van der Waals surface area contributed by atoms with Crippen LogP contribution in [0.5, 0.6) is 17.2 Å². The molecule has 0 saturated carbocycles. The summed E-state index contributed by atoms with van der Waals surface area (Å²) in [4.78, 5) is 13.2. The average molecular weight is 599 g/mol. The van der Waals surface area contributed by atoms with Gasteiger partial charge in [0, 0.05) is 49.9 Å². The number of allylic oxidation sites excluding steroid dienone is 3. The van der Waals surface area contributed by atoms with Gasteiger partial charge in [0.1, 0.15) is 41.3 Å². The normalized spacial score (nSPS) is 16.4. The SMILES string of the molecule is CCO.CCO.CCO.COc1cccc(OCc2cc(C3C(C#N)=C(N)OC4=C3C(=O)CC(C)(C)C4)ccc2OC)c1. The quantitative estimate of drug-likeness (QED) is 0.365. The van der Waals surface area contributed by atoms with Gasteiger partial charge >= 0.3 is 0 Å². The second-order valence-corrected chi connectivity index (χ2v) is 10.2. The third kappa shape index (κ3) is 10.6. The Morgan fingerprint density at radius 2 is 1.58 bits per heavy atom. The number of aliphatic hydroxyl groups excluding tert-OH is 3. The molecule has 0 bridgehead atoms. The van der Waals surface area contributed by atoms with Crippen molar-refractivity contribution in [1.82, 2.24) is 0 Å². The summed E-state index contributed by atoms with van der Waals surface area (Å²) >= 11 is 0. The maximum absolute atomic E-state index is 13.2. The summed E-state index contributed by atoms with van der Waals surface area (Å²) in [6.07, 6.45) is 0.957. The minimum Gasteiger partial charge on any atom is -0.497 e. The van der Waals surface area contributed by atoms with E-state index < -0.39 is 5.92 Å². The molecule has 236 valence electrons. The van der Waals surface area contributed by atoms with Gasteiger partial charge in [-0.3, -0.25) is 4.79 Å². The van der Waals surface area contributed by atoms with Gasteiger partial charge in [0.25, 0.3) is 0 Å². The number of nitrogens with zero attached hydrogens (tertiary/aromatic N) is 1. The number of nitrogens with two attached hydrogens (primary N) is 1. The van der Waals surface area contributed by atoms with E-state index in [1.165, 1.54) is 0 Å². The van der Waals surface area contributed by atoms with E-state index in [-0.39, 0.29) is 49.1 Å². The minimum absolute atomic E-state index is 0.0264. The molecule has 2 aliphatic rings. The Morgan fingerprint density at radius 3 is 2.14 bits per heavy atom. The number of nitriles is 1. The number of carbonyl (C=O) groups is 1. The molecule has 0 radical (unpaired) electrons. The molecule has 0 amide bonds. The van der Waals surface area contributed by atoms with Crippen LogP contribution in [-0.2, 0) is 16.1 Å². The van der Waals surface area contributed by atoms with Gasteiger partial charge in [0.05, 0.1) is 20.1 Å². The van der Waals surface area contributed by atoms with Crippen molar-refractivity contribution >= 4 is 5.78 Å². The van der Waals surface area contributed by atoms with Crippen molar-refractivity contribution in [3.05, 3.63) is 76.4 Å². The summed E-state index contributed by atoms with van der Waals surface area (Å²) in [5.41, 5.74) is 8.18. The second kappa shape index (κ2) is 18.5. The van der Waals surface area contributed by atoms with E-state index in [1.807, 2.05) is 50.2 Å². The molecule has 0 fully saturated rings. The highest BCUT2D eigenvalue weighted by molar-refractivity contribution is 6.00. The molecule has 0 saturated heterocycles. The van der Waals surface area contributed by atoms with Crippen molar-refractivity contribution in [2.24, 2.45) is 11.1 Å². The van der Waals surface area contributed by atoms with Crippen LogP contribution in [0.3, 0.4) is 0 Å². The fourth-order valence-electron chi connectivity index (χ4n) is 4.56. The third-order valence-corrected chi connectivity index (χ3v) is 6.15. The summed E-state index contributed by atoms with van der Waals surface area (Å²) in [6, 6.07) is 15.1. The number of hydrogen-bond donors (Lipinski definition) is 4. The molecule has 0 aromatic heterocycles. The summed E-state index contributed by atoms with van der Waals surface area (Å²) in [5, 5.41) is 32.6. The maximum atomic E-state index is 13.2. The lowest BCUT2D eigenvalue weighted by Crippen LogP contribution is -2.33. The summed E-state index contributed by atoms with van der Waals surface area (Å²) < 4.78 is 22.6. The smallest absolute Gasteiger partial charge is 0.205 e. The van der Waals surface area contributed by atoms with Crippen LogP contribution in [0.1, 0.15) is 64.5 Å². The van der Waals surface area contributed by atoms with Crippen LogP contribution >= 0.6 is 0 Å². The molecule has 2 aromatic rings. The number of hydrogen-bond acceptors (Lipinski definition) is 10. The highest BCUT2D eigenvalue weighted by Gasteiger charge is 2.43. The fourth-order valence-corrected chi connectivity index (χ4v) is 4.56. The van der Waals surface area contributed by atoms with Crippen LogP contribution < -0.4 is 19.9 Å². The average Bonchev–Trinajstić information content (AvgIpc) is 2.96. The van der Waals surface area contributed by atoms with E-state index in [4.69, 9.17) is 40.0 Å². The zero-order chi connectivity index (χ0) is 32.6. The number of ketones is 1. The number of aliphatic hydroxyl groups is 3. The highest BCUT2D eigenvalue weighted by atomic mass is 16.5. The predicted octanol–water partition coefficient (Wildman–Crippen LogP) is 4.73. The molecule has 1 atom stereocenters. The molecule has 43 heavy (non-hydrogen) atoms. The largest absolute Gasteiger partial charge is 0.497 e. The van der Waals surface area contributed by atoms with E-state index in [2.05, 4.69) is 6.07 Å². The van der Waals surface area contributed by atoms with Crippen molar-refractivity contribution in [2.45, 2.75) is 60.0 Å². The summed E-state index contributed by atoms with van der Waals surface area (Å²) in [7, 11) is 3.19. The minimum atomic E-state index is -0.598. The van der Waals surface area contributed by atoms with Crippen LogP contribution in [0.25, 0.3) is 0 Å². The number of methoxy groups -OCH3 is 2. The molecule has 10 nitrogen and oxygen atoms in total. The topological polar surface area (TPSA) is 164 Å². The number of Topliss-reactive ketones (excluding diaryl/α,β-unsaturated/α-hetero) is 1. The first-order chi connectivity index (χ1) is 20.5. The highest BCUT2D eigenvalue weighted by Crippen LogP contribution is 2.48. The van der Waals surface area contributed by atoms with E-state index in [1.54, 1.807) is 41.1 Å². The van der Waals surface area contributed by atoms with E-state index >= 15 is 0 Å². The first-order valence-corrected chi connectivity index (χ1v) is 14.1. The number of rotatable bonds is 6. The third-order valence-electron chi connectivity index (χ3n) is 6.15. The molecule has 5 N–H and O–H groups in total. The monoisotopic (exact) mass is 598 g/mol. The first-order valence-electron chi connectivity index (χ1n) is 14.1. The van der Waals surface area contributed by atoms with Gasteiger partial charge < -0.3 is 40.0 Å². The number of benzene rings is 2. The molecular weight excluding hydrogens is 552 g/mol. The van der Waals surface area contributed by atoms with Gasteiger partial charge in [-0.05, 0) is 56.0 Å². The van der Waals surface area contributed by atoms with Crippen molar-refractivity contribution in [3.63, 3.8) is 0 Å². The van der Waals surface area contributed by atoms with Crippen molar-refractivity contribution in [1.29, 1.82) is 5.26 Å². The van der Waals surface area contributed by atoms with Crippen molar-refractivity contribution < 1.29 is 39.1 Å². The molecule has 1 heterocycles. The summed E-state index contributed by atoms with van der Waals surface area (Å²) in [5.74, 6) is 1.95. The lowest BCUT2D eigenvalue weighted by atomic mass is 9.70. The van der Waals surface area contributed by atoms with Crippen LogP contribution in [0.2, 0.25) is 0 Å². The molecule has 2 aromatic carbocycles. The van der Waals surface area contributed by atoms with Gasteiger partial charge in [0.2, 0.25) is 5.88 Å². The molecule has 1 aliphatic heterocycles. The Balaban J connectivity index is 0.000000916. The van der Waals surface area contributed by atoms with Crippen LogP contribution in [0.4, 0.5) is 0 Å². The van der Waals surface area contributed by atoms with E-state index in [0.29, 0.717) is 41.4 Å². The molecular formula is C33H46N2O8. The van der Waals surface area contributed by atoms with Gasteiger partial charge in [0.15, 0.2) is 5.78 Å². The van der Waals surface area contributed by atoms with Gasteiger partial charge in [-0.2, -0.15) is 5.26 Å². The molecule has 1 aliphatic carbocycles.